The average Bonchev–Trinajstić information content (AvgIpc) is 2.06. The number of aryl methyl sites for hydroxylation is 1. The Balaban J connectivity index is 3.49. The summed E-state index contributed by atoms with van der Waals surface area (Å²) in [6.45, 7) is 1.50. The van der Waals surface area contributed by atoms with Crippen LogP contribution in [0.2, 0.25) is 0 Å². The lowest BCUT2D eigenvalue weighted by Gasteiger charge is -2.12. The number of halogens is 4. The first-order chi connectivity index (χ1) is 6.73. The van der Waals surface area contributed by atoms with Crippen LogP contribution in [0, 0.1) is 10.5 Å². The minimum Gasteiger partial charge on any atom is -0.478 e. The number of carboxylic acids is 1. The van der Waals surface area contributed by atoms with Crippen LogP contribution in [0.15, 0.2) is 12.1 Å². The SMILES string of the molecule is Cc1cc(C(F)(F)F)c(C(=O)O)cc1I. The molecule has 0 aliphatic rings. The standard InChI is InChI=1S/C9H6F3IO2/c1-4-2-6(9(10,11)12)5(8(14)15)3-7(4)13/h2-3H,1H3,(H,14,15). The monoisotopic (exact) mass is 330 g/mol. The largest absolute Gasteiger partial charge is 0.478 e. The molecule has 82 valence electrons. The van der Waals surface area contributed by atoms with Gasteiger partial charge < -0.3 is 5.11 Å². The molecule has 1 rings (SSSR count). The fourth-order valence-electron chi connectivity index (χ4n) is 1.09. The van der Waals surface area contributed by atoms with Crippen molar-refractivity contribution in [1.82, 2.24) is 0 Å². The van der Waals surface area contributed by atoms with E-state index in [1.807, 2.05) is 0 Å². The van der Waals surface area contributed by atoms with E-state index in [-0.39, 0.29) is 0 Å². The van der Waals surface area contributed by atoms with Crippen molar-refractivity contribution in [3.63, 3.8) is 0 Å². The van der Waals surface area contributed by atoms with Gasteiger partial charge in [-0.25, -0.2) is 4.79 Å². The van der Waals surface area contributed by atoms with Gasteiger partial charge in [0.2, 0.25) is 0 Å². The van der Waals surface area contributed by atoms with Crippen LogP contribution in [-0.2, 0) is 6.18 Å². The van der Waals surface area contributed by atoms with Gasteiger partial charge in [0, 0.05) is 3.57 Å². The summed E-state index contributed by atoms with van der Waals surface area (Å²) in [4.78, 5) is 10.6. The molecule has 1 aromatic rings. The maximum absolute atomic E-state index is 12.5. The Bertz CT molecular complexity index is 413. The van der Waals surface area contributed by atoms with Crippen molar-refractivity contribution in [3.05, 3.63) is 32.4 Å². The van der Waals surface area contributed by atoms with Crippen molar-refractivity contribution in [2.45, 2.75) is 13.1 Å². The van der Waals surface area contributed by atoms with Gasteiger partial charge in [-0.05, 0) is 47.2 Å². The third kappa shape index (κ3) is 2.61. The summed E-state index contributed by atoms with van der Waals surface area (Å²) in [7, 11) is 0. The normalized spacial score (nSPS) is 11.5. The highest BCUT2D eigenvalue weighted by atomic mass is 127. The van der Waals surface area contributed by atoms with E-state index in [9.17, 15) is 18.0 Å². The number of aromatic carboxylic acids is 1. The molecular formula is C9H6F3IO2. The van der Waals surface area contributed by atoms with Gasteiger partial charge in [-0.2, -0.15) is 13.2 Å². The summed E-state index contributed by atoms with van der Waals surface area (Å²) >= 11 is 1.80. The van der Waals surface area contributed by atoms with E-state index in [2.05, 4.69) is 0 Å². The molecule has 0 saturated heterocycles. The van der Waals surface area contributed by atoms with E-state index >= 15 is 0 Å². The minimum atomic E-state index is -4.64. The molecule has 0 aliphatic heterocycles. The molecule has 0 aromatic heterocycles. The van der Waals surface area contributed by atoms with Crippen molar-refractivity contribution in [1.29, 1.82) is 0 Å². The third-order valence-corrected chi connectivity index (χ3v) is 3.00. The lowest BCUT2D eigenvalue weighted by atomic mass is 10.0. The molecule has 0 bridgehead atoms. The molecule has 0 saturated carbocycles. The van der Waals surface area contributed by atoms with Crippen molar-refractivity contribution in [3.8, 4) is 0 Å². The van der Waals surface area contributed by atoms with E-state index < -0.39 is 23.3 Å². The number of hydrogen-bond donors (Lipinski definition) is 1. The quantitative estimate of drug-likeness (QED) is 0.802. The zero-order valence-electron chi connectivity index (χ0n) is 7.52. The maximum atomic E-state index is 12.5. The first-order valence-electron chi connectivity index (χ1n) is 3.84. The van der Waals surface area contributed by atoms with E-state index in [1.54, 1.807) is 22.6 Å². The lowest BCUT2D eigenvalue weighted by molar-refractivity contribution is -0.138. The van der Waals surface area contributed by atoms with Gasteiger partial charge in [0.15, 0.2) is 0 Å². The molecule has 0 radical (unpaired) electrons. The summed E-state index contributed by atoms with van der Waals surface area (Å²) in [6.07, 6.45) is -4.64. The van der Waals surface area contributed by atoms with Crippen LogP contribution in [0.1, 0.15) is 21.5 Å². The first-order valence-corrected chi connectivity index (χ1v) is 4.92. The van der Waals surface area contributed by atoms with Crippen LogP contribution in [0.4, 0.5) is 13.2 Å². The molecule has 1 aromatic carbocycles. The highest BCUT2D eigenvalue weighted by Crippen LogP contribution is 2.34. The van der Waals surface area contributed by atoms with E-state index in [4.69, 9.17) is 5.11 Å². The number of alkyl halides is 3. The molecule has 0 amide bonds. The predicted octanol–water partition coefficient (Wildman–Crippen LogP) is 3.32. The van der Waals surface area contributed by atoms with Crippen molar-refractivity contribution in [2.24, 2.45) is 0 Å². The summed E-state index contributed by atoms with van der Waals surface area (Å²) in [6, 6.07) is 1.88. The molecule has 0 atom stereocenters. The molecule has 2 nitrogen and oxygen atoms in total. The van der Waals surface area contributed by atoms with Crippen molar-refractivity contribution in [2.75, 3.05) is 0 Å². The topological polar surface area (TPSA) is 37.3 Å². The second kappa shape index (κ2) is 3.99. The Hall–Kier alpha value is -0.790. The van der Waals surface area contributed by atoms with E-state index in [0.717, 1.165) is 12.1 Å². The average molecular weight is 330 g/mol. The maximum Gasteiger partial charge on any atom is 0.417 e. The van der Waals surface area contributed by atoms with Gasteiger partial charge in [0.05, 0.1) is 11.1 Å². The number of carbonyl (C=O) groups is 1. The second-order valence-corrected chi connectivity index (χ2v) is 4.11. The Kier molecular flexibility index (Phi) is 3.27. The number of hydrogen-bond acceptors (Lipinski definition) is 1. The fourth-order valence-corrected chi connectivity index (χ4v) is 1.56. The molecule has 6 heteroatoms. The Morgan fingerprint density at radius 3 is 2.33 bits per heavy atom. The molecule has 0 aliphatic carbocycles. The van der Waals surface area contributed by atoms with E-state index in [0.29, 0.717) is 9.13 Å². The van der Waals surface area contributed by atoms with E-state index in [1.165, 1.54) is 6.92 Å². The molecule has 0 fully saturated rings. The molecule has 0 spiro atoms. The van der Waals surface area contributed by atoms with Crippen LogP contribution in [-0.4, -0.2) is 11.1 Å². The molecule has 1 N–H and O–H groups in total. The van der Waals surface area contributed by atoms with Crippen molar-refractivity contribution >= 4 is 28.6 Å². The van der Waals surface area contributed by atoms with Gasteiger partial charge in [0.1, 0.15) is 0 Å². The molecule has 0 unspecified atom stereocenters. The summed E-state index contributed by atoms with van der Waals surface area (Å²) in [5, 5.41) is 8.64. The Labute approximate surface area is 97.2 Å². The lowest BCUT2D eigenvalue weighted by Crippen LogP contribution is -2.13. The van der Waals surface area contributed by atoms with Crippen LogP contribution in [0.5, 0.6) is 0 Å². The van der Waals surface area contributed by atoms with Gasteiger partial charge in [0.25, 0.3) is 0 Å². The number of rotatable bonds is 1. The predicted molar refractivity (Wildman–Crippen MR) is 55.9 cm³/mol. The number of benzene rings is 1. The third-order valence-electron chi connectivity index (χ3n) is 1.83. The Morgan fingerprint density at radius 2 is 1.93 bits per heavy atom. The second-order valence-electron chi connectivity index (χ2n) is 2.95. The van der Waals surface area contributed by atoms with Crippen LogP contribution >= 0.6 is 22.6 Å². The summed E-state index contributed by atoms with van der Waals surface area (Å²) in [5.74, 6) is -1.57. The zero-order valence-corrected chi connectivity index (χ0v) is 9.68. The molecule has 0 heterocycles. The minimum absolute atomic E-state index is 0.410. The van der Waals surface area contributed by atoms with Gasteiger partial charge in [-0.3, -0.25) is 0 Å². The fraction of sp³-hybridized carbons (Fsp3) is 0.222. The summed E-state index contributed by atoms with van der Waals surface area (Å²) in [5.41, 5.74) is -1.40. The highest BCUT2D eigenvalue weighted by Gasteiger charge is 2.35. The highest BCUT2D eigenvalue weighted by molar-refractivity contribution is 14.1. The van der Waals surface area contributed by atoms with Crippen LogP contribution in [0.3, 0.4) is 0 Å². The van der Waals surface area contributed by atoms with Crippen LogP contribution < -0.4 is 0 Å². The molecular weight excluding hydrogens is 324 g/mol. The van der Waals surface area contributed by atoms with Gasteiger partial charge in [-0.15, -0.1) is 0 Å². The van der Waals surface area contributed by atoms with Crippen molar-refractivity contribution < 1.29 is 23.1 Å². The summed E-state index contributed by atoms with van der Waals surface area (Å²) < 4.78 is 37.9. The smallest absolute Gasteiger partial charge is 0.417 e. The number of carboxylic acid groups (broad SMARTS) is 1. The van der Waals surface area contributed by atoms with Gasteiger partial charge >= 0.3 is 12.1 Å². The van der Waals surface area contributed by atoms with Gasteiger partial charge in [-0.1, -0.05) is 0 Å². The van der Waals surface area contributed by atoms with Crippen LogP contribution in [0.25, 0.3) is 0 Å². The zero-order chi connectivity index (χ0) is 11.8. The first kappa shape index (κ1) is 12.3. The molecule has 15 heavy (non-hydrogen) atoms. The Morgan fingerprint density at radius 1 is 1.40 bits per heavy atom.